The Hall–Kier alpha value is -2.82. The zero-order valence-electron chi connectivity index (χ0n) is 15.0. The summed E-state index contributed by atoms with van der Waals surface area (Å²) in [7, 11) is 0. The van der Waals surface area contributed by atoms with Gasteiger partial charge in [-0.3, -0.25) is 9.69 Å². The Morgan fingerprint density at radius 3 is 2.65 bits per heavy atom. The average Bonchev–Trinajstić information content (AvgIpc) is 3.09. The number of benzene rings is 2. The van der Waals surface area contributed by atoms with E-state index in [0.717, 1.165) is 12.1 Å². The zero-order chi connectivity index (χ0) is 18.4. The standard InChI is InChI=1S/C21H24N2O3/c1-2-3-4-6-16-9-11-18(12-10-16)22-20(24)17-7-5-8-19(15-17)23-13-14-26-21(23)25/h5,7-12,15H,2-4,6,13-14H2,1H3,(H,22,24). The molecule has 0 aromatic heterocycles. The highest BCUT2D eigenvalue weighted by Gasteiger charge is 2.24. The second kappa shape index (κ2) is 8.52. The fourth-order valence-electron chi connectivity index (χ4n) is 2.98. The van der Waals surface area contributed by atoms with E-state index in [2.05, 4.69) is 24.4 Å². The topological polar surface area (TPSA) is 58.6 Å². The smallest absolute Gasteiger partial charge is 0.414 e. The van der Waals surface area contributed by atoms with E-state index in [1.165, 1.54) is 29.7 Å². The van der Waals surface area contributed by atoms with Gasteiger partial charge in [-0.2, -0.15) is 0 Å². The van der Waals surface area contributed by atoms with Crippen LogP contribution in [0.3, 0.4) is 0 Å². The van der Waals surface area contributed by atoms with Gasteiger partial charge in [0.05, 0.1) is 6.54 Å². The number of nitrogens with zero attached hydrogens (tertiary/aromatic N) is 1. The number of cyclic esters (lactones) is 1. The molecule has 5 heteroatoms. The summed E-state index contributed by atoms with van der Waals surface area (Å²) in [6.07, 6.45) is 4.33. The molecule has 1 aliphatic heterocycles. The van der Waals surface area contributed by atoms with Crippen molar-refractivity contribution in [2.75, 3.05) is 23.4 Å². The van der Waals surface area contributed by atoms with E-state index in [9.17, 15) is 9.59 Å². The zero-order valence-corrected chi connectivity index (χ0v) is 15.0. The molecule has 26 heavy (non-hydrogen) atoms. The Labute approximate surface area is 154 Å². The number of unbranched alkanes of at least 4 members (excludes halogenated alkanes) is 2. The molecule has 1 fully saturated rings. The van der Waals surface area contributed by atoms with Crippen LogP contribution < -0.4 is 10.2 Å². The van der Waals surface area contributed by atoms with Gasteiger partial charge in [0.1, 0.15) is 6.61 Å². The number of amides is 2. The Morgan fingerprint density at radius 2 is 1.96 bits per heavy atom. The fraction of sp³-hybridized carbons (Fsp3) is 0.333. The molecule has 136 valence electrons. The van der Waals surface area contributed by atoms with Crippen molar-refractivity contribution in [3.63, 3.8) is 0 Å². The molecule has 2 amide bonds. The van der Waals surface area contributed by atoms with E-state index in [-0.39, 0.29) is 12.0 Å². The molecular formula is C21H24N2O3. The highest BCUT2D eigenvalue weighted by atomic mass is 16.6. The van der Waals surface area contributed by atoms with Crippen LogP contribution in [0.15, 0.2) is 48.5 Å². The number of hydrogen-bond acceptors (Lipinski definition) is 3. The van der Waals surface area contributed by atoms with Crippen LogP contribution in [-0.2, 0) is 11.2 Å². The summed E-state index contributed by atoms with van der Waals surface area (Å²) in [5.74, 6) is -0.196. The number of aryl methyl sites for hydroxylation is 1. The molecule has 2 aromatic carbocycles. The number of nitrogens with one attached hydrogen (secondary N) is 1. The van der Waals surface area contributed by atoms with E-state index in [4.69, 9.17) is 4.74 Å². The molecule has 0 spiro atoms. The third-order valence-electron chi connectivity index (χ3n) is 4.46. The second-order valence-corrected chi connectivity index (χ2v) is 6.42. The van der Waals surface area contributed by atoms with Gasteiger partial charge >= 0.3 is 6.09 Å². The van der Waals surface area contributed by atoms with Crippen molar-refractivity contribution >= 4 is 23.4 Å². The SMILES string of the molecule is CCCCCc1ccc(NC(=O)c2cccc(N3CCOC3=O)c2)cc1. The molecule has 2 aromatic rings. The van der Waals surface area contributed by atoms with Gasteiger partial charge in [-0.05, 0) is 48.7 Å². The van der Waals surface area contributed by atoms with Crippen molar-refractivity contribution in [2.45, 2.75) is 32.6 Å². The second-order valence-electron chi connectivity index (χ2n) is 6.42. The minimum Gasteiger partial charge on any atom is -0.447 e. The number of anilines is 2. The lowest BCUT2D eigenvalue weighted by atomic mass is 10.1. The van der Waals surface area contributed by atoms with Gasteiger partial charge in [0.25, 0.3) is 5.91 Å². The molecule has 0 bridgehead atoms. The van der Waals surface area contributed by atoms with E-state index in [1.807, 2.05) is 12.1 Å². The highest BCUT2D eigenvalue weighted by molar-refractivity contribution is 6.05. The summed E-state index contributed by atoms with van der Waals surface area (Å²) < 4.78 is 4.95. The highest BCUT2D eigenvalue weighted by Crippen LogP contribution is 2.21. The Morgan fingerprint density at radius 1 is 1.15 bits per heavy atom. The first kappa shape index (κ1) is 18.0. The Balaban J connectivity index is 1.63. The van der Waals surface area contributed by atoms with Crippen LogP contribution in [0.2, 0.25) is 0 Å². The lowest BCUT2D eigenvalue weighted by Gasteiger charge is -2.14. The van der Waals surface area contributed by atoms with Gasteiger partial charge in [0.15, 0.2) is 0 Å². The maximum atomic E-state index is 12.5. The monoisotopic (exact) mass is 352 g/mol. The van der Waals surface area contributed by atoms with Gasteiger partial charge in [0, 0.05) is 16.9 Å². The molecule has 0 atom stereocenters. The van der Waals surface area contributed by atoms with Gasteiger partial charge in [-0.25, -0.2) is 4.79 Å². The number of rotatable bonds is 7. The number of carbonyl (C=O) groups is 2. The summed E-state index contributed by atoms with van der Waals surface area (Å²) in [5.41, 5.74) is 3.23. The van der Waals surface area contributed by atoms with Crippen LogP contribution in [0.4, 0.5) is 16.2 Å². The van der Waals surface area contributed by atoms with Gasteiger partial charge in [0.2, 0.25) is 0 Å². The number of ether oxygens (including phenoxy) is 1. The van der Waals surface area contributed by atoms with Crippen LogP contribution >= 0.6 is 0 Å². The van der Waals surface area contributed by atoms with E-state index in [0.29, 0.717) is 24.4 Å². The van der Waals surface area contributed by atoms with E-state index in [1.54, 1.807) is 24.3 Å². The number of carbonyl (C=O) groups excluding carboxylic acids is 2. The quantitative estimate of drug-likeness (QED) is 0.739. The molecule has 1 saturated heterocycles. The van der Waals surface area contributed by atoms with Crippen molar-refractivity contribution in [2.24, 2.45) is 0 Å². The average molecular weight is 352 g/mol. The summed E-state index contributed by atoms with van der Waals surface area (Å²) in [6, 6.07) is 15.0. The van der Waals surface area contributed by atoms with Crippen LogP contribution in [0.25, 0.3) is 0 Å². The molecular weight excluding hydrogens is 328 g/mol. The van der Waals surface area contributed by atoms with Gasteiger partial charge < -0.3 is 10.1 Å². The van der Waals surface area contributed by atoms with Crippen LogP contribution in [-0.4, -0.2) is 25.2 Å². The first-order valence-electron chi connectivity index (χ1n) is 9.12. The van der Waals surface area contributed by atoms with Crippen LogP contribution in [0.5, 0.6) is 0 Å². The minimum atomic E-state index is -0.374. The molecule has 1 heterocycles. The lowest BCUT2D eigenvalue weighted by Crippen LogP contribution is -2.23. The van der Waals surface area contributed by atoms with Crippen molar-refractivity contribution in [3.8, 4) is 0 Å². The first-order valence-corrected chi connectivity index (χ1v) is 9.12. The molecule has 1 N–H and O–H groups in total. The Kier molecular flexibility index (Phi) is 5.89. The summed E-state index contributed by atoms with van der Waals surface area (Å²) in [5, 5.41) is 2.91. The van der Waals surface area contributed by atoms with Gasteiger partial charge in [-0.15, -0.1) is 0 Å². The van der Waals surface area contributed by atoms with E-state index >= 15 is 0 Å². The number of hydrogen-bond donors (Lipinski definition) is 1. The maximum absolute atomic E-state index is 12.5. The molecule has 1 aliphatic rings. The molecule has 0 radical (unpaired) electrons. The summed E-state index contributed by atoms with van der Waals surface area (Å²) in [6.45, 7) is 3.07. The van der Waals surface area contributed by atoms with Crippen molar-refractivity contribution in [1.82, 2.24) is 0 Å². The van der Waals surface area contributed by atoms with Crippen LogP contribution in [0.1, 0.15) is 42.1 Å². The van der Waals surface area contributed by atoms with E-state index < -0.39 is 0 Å². The summed E-state index contributed by atoms with van der Waals surface area (Å²) >= 11 is 0. The normalized spacial score (nSPS) is 13.6. The lowest BCUT2D eigenvalue weighted by molar-refractivity contribution is 0.102. The van der Waals surface area contributed by atoms with Crippen LogP contribution in [0, 0.1) is 0 Å². The molecule has 3 rings (SSSR count). The molecule has 5 nitrogen and oxygen atoms in total. The van der Waals surface area contributed by atoms with Crippen molar-refractivity contribution in [1.29, 1.82) is 0 Å². The van der Waals surface area contributed by atoms with Crippen molar-refractivity contribution < 1.29 is 14.3 Å². The van der Waals surface area contributed by atoms with Gasteiger partial charge in [-0.1, -0.05) is 38.0 Å². The first-order chi connectivity index (χ1) is 12.7. The largest absolute Gasteiger partial charge is 0.447 e. The third kappa shape index (κ3) is 4.42. The summed E-state index contributed by atoms with van der Waals surface area (Å²) in [4.78, 5) is 25.7. The van der Waals surface area contributed by atoms with Crippen molar-refractivity contribution in [3.05, 3.63) is 59.7 Å². The predicted molar refractivity (Wildman–Crippen MR) is 103 cm³/mol. The molecule has 0 aliphatic carbocycles. The minimum absolute atomic E-state index is 0.196. The maximum Gasteiger partial charge on any atom is 0.414 e. The Bertz CT molecular complexity index is 771. The fourth-order valence-corrected chi connectivity index (χ4v) is 2.98. The molecule has 0 unspecified atom stereocenters. The third-order valence-corrected chi connectivity index (χ3v) is 4.46. The molecule has 0 saturated carbocycles. The predicted octanol–water partition coefficient (Wildman–Crippen LogP) is 4.63.